The third-order valence-electron chi connectivity index (χ3n) is 2.71. The van der Waals surface area contributed by atoms with Gasteiger partial charge in [0.15, 0.2) is 11.9 Å². The molecular formula is C15H19ClO4. The highest BCUT2D eigenvalue weighted by atomic mass is 35.5. The second-order valence-corrected chi connectivity index (χ2v) is 4.76. The highest BCUT2D eigenvalue weighted by Crippen LogP contribution is 2.27. The van der Waals surface area contributed by atoms with Crippen molar-refractivity contribution in [3.8, 4) is 5.75 Å². The van der Waals surface area contributed by atoms with Gasteiger partial charge < -0.3 is 9.47 Å². The Hall–Kier alpha value is -1.55. The summed E-state index contributed by atoms with van der Waals surface area (Å²) < 4.78 is 10.6. The second-order valence-electron chi connectivity index (χ2n) is 4.35. The minimum absolute atomic E-state index is 0.0750. The summed E-state index contributed by atoms with van der Waals surface area (Å²) in [5.74, 6) is -0.0989. The van der Waals surface area contributed by atoms with Crippen molar-refractivity contribution in [1.29, 1.82) is 0 Å². The van der Waals surface area contributed by atoms with Gasteiger partial charge in [-0.25, -0.2) is 4.79 Å². The Kier molecular flexibility index (Phi) is 6.52. The quantitative estimate of drug-likeness (QED) is 0.569. The summed E-state index contributed by atoms with van der Waals surface area (Å²) in [7, 11) is 0. The van der Waals surface area contributed by atoms with Crippen molar-refractivity contribution in [1.82, 2.24) is 0 Å². The maximum Gasteiger partial charge on any atom is 0.347 e. The van der Waals surface area contributed by atoms with E-state index < -0.39 is 12.1 Å². The van der Waals surface area contributed by atoms with Gasteiger partial charge in [-0.2, -0.15) is 0 Å². The topological polar surface area (TPSA) is 52.6 Å². The van der Waals surface area contributed by atoms with Gasteiger partial charge in [0.25, 0.3) is 0 Å². The van der Waals surface area contributed by atoms with E-state index in [9.17, 15) is 9.59 Å². The van der Waals surface area contributed by atoms with Crippen LogP contribution in [-0.4, -0.2) is 24.5 Å². The molecular weight excluding hydrogens is 280 g/mol. The zero-order chi connectivity index (χ0) is 15.1. The average Bonchev–Trinajstić information content (AvgIpc) is 2.40. The van der Waals surface area contributed by atoms with Crippen LogP contribution in [0, 0.1) is 0 Å². The zero-order valence-electron chi connectivity index (χ0n) is 11.9. The van der Waals surface area contributed by atoms with E-state index in [1.807, 2.05) is 6.92 Å². The lowest BCUT2D eigenvalue weighted by molar-refractivity contribution is -0.151. The zero-order valence-corrected chi connectivity index (χ0v) is 12.7. The van der Waals surface area contributed by atoms with Crippen LogP contribution in [0.25, 0.3) is 0 Å². The molecule has 0 spiro atoms. The molecule has 0 saturated heterocycles. The SMILES string of the molecule is CCCC(Oc1ccc(C(C)=O)cc1Cl)C(=O)OCC. The normalized spacial score (nSPS) is 11.8. The van der Waals surface area contributed by atoms with Gasteiger partial charge in [0.2, 0.25) is 0 Å². The summed E-state index contributed by atoms with van der Waals surface area (Å²) in [4.78, 5) is 23.0. The van der Waals surface area contributed by atoms with Crippen molar-refractivity contribution in [2.45, 2.75) is 39.7 Å². The van der Waals surface area contributed by atoms with Crippen molar-refractivity contribution in [3.05, 3.63) is 28.8 Å². The molecule has 1 unspecified atom stereocenters. The summed E-state index contributed by atoms with van der Waals surface area (Å²) in [6.07, 6.45) is 0.650. The summed E-state index contributed by atoms with van der Waals surface area (Å²) in [6, 6.07) is 4.76. The van der Waals surface area contributed by atoms with E-state index in [4.69, 9.17) is 21.1 Å². The van der Waals surface area contributed by atoms with Gasteiger partial charge >= 0.3 is 5.97 Å². The minimum Gasteiger partial charge on any atom is -0.477 e. The molecule has 110 valence electrons. The van der Waals surface area contributed by atoms with Crippen molar-refractivity contribution < 1.29 is 19.1 Å². The first kappa shape index (κ1) is 16.5. The van der Waals surface area contributed by atoms with Crippen LogP contribution in [0.15, 0.2) is 18.2 Å². The van der Waals surface area contributed by atoms with Crippen LogP contribution in [0.1, 0.15) is 44.0 Å². The minimum atomic E-state index is -0.680. The molecule has 1 atom stereocenters. The molecule has 1 rings (SSSR count). The molecule has 0 radical (unpaired) electrons. The Morgan fingerprint density at radius 2 is 2.00 bits per heavy atom. The Labute approximate surface area is 124 Å². The van der Waals surface area contributed by atoms with E-state index in [2.05, 4.69) is 0 Å². The van der Waals surface area contributed by atoms with Gasteiger partial charge in [-0.1, -0.05) is 24.9 Å². The van der Waals surface area contributed by atoms with Crippen LogP contribution in [0.2, 0.25) is 5.02 Å². The predicted octanol–water partition coefficient (Wildman–Crippen LogP) is 3.65. The van der Waals surface area contributed by atoms with Gasteiger partial charge in [0, 0.05) is 5.56 Å². The molecule has 0 aliphatic carbocycles. The number of esters is 1. The van der Waals surface area contributed by atoms with Crippen molar-refractivity contribution >= 4 is 23.4 Å². The van der Waals surface area contributed by atoms with Crippen LogP contribution in [0.5, 0.6) is 5.75 Å². The van der Waals surface area contributed by atoms with Gasteiger partial charge in [-0.05, 0) is 38.5 Å². The summed E-state index contributed by atoms with van der Waals surface area (Å²) in [5, 5.41) is 0.308. The second kappa shape index (κ2) is 7.90. The fraction of sp³-hybridized carbons (Fsp3) is 0.467. The molecule has 5 heteroatoms. The number of halogens is 1. The molecule has 0 saturated carbocycles. The number of rotatable bonds is 7. The van der Waals surface area contributed by atoms with Crippen LogP contribution in [0.4, 0.5) is 0 Å². The van der Waals surface area contributed by atoms with Crippen LogP contribution < -0.4 is 4.74 Å². The van der Waals surface area contributed by atoms with Crippen LogP contribution in [-0.2, 0) is 9.53 Å². The van der Waals surface area contributed by atoms with Crippen molar-refractivity contribution in [2.24, 2.45) is 0 Å². The summed E-state index contributed by atoms with van der Waals surface area (Å²) in [5.41, 5.74) is 0.505. The first-order chi connectivity index (χ1) is 9.49. The molecule has 0 aliphatic rings. The van der Waals surface area contributed by atoms with Crippen LogP contribution >= 0.6 is 11.6 Å². The molecule has 0 aliphatic heterocycles. The Bertz CT molecular complexity index is 485. The molecule has 4 nitrogen and oxygen atoms in total. The molecule has 1 aromatic rings. The predicted molar refractivity (Wildman–Crippen MR) is 77.4 cm³/mol. The fourth-order valence-corrected chi connectivity index (χ4v) is 1.92. The third kappa shape index (κ3) is 4.53. The lowest BCUT2D eigenvalue weighted by atomic mass is 10.1. The van der Waals surface area contributed by atoms with Gasteiger partial charge in [-0.3, -0.25) is 4.79 Å². The molecule has 0 amide bonds. The third-order valence-corrected chi connectivity index (χ3v) is 3.00. The molecule has 0 bridgehead atoms. The first-order valence-corrected chi connectivity index (χ1v) is 7.01. The van der Waals surface area contributed by atoms with E-state index >= 15 is 0 Å². The monoisotopic (exact) mass is 298 g/mol. The lowest BCUT2D eigenvalue weighted by Gasteiger charge is -2.18. The largest absolute Gasteiger partial charge is 0.477 e. The molecule has 0 fully saturated rings. The van der Waals surface area contributed by atoms with E-state index in [-0.39, 0.29) is 5.78 Å². The first-order valence-electron chi connectivity index (χ1n) is 6.63. The van der Waals surface area contributed by atoms with E-state index in [0.29, 0.717) is 29.4 Å². The lowest BCUT2D eigenvalue weighted by Crippen LogP contribution is -2.29. The molecule has 0 heterocycles. The van der Waals surface area contributed by atoms with Crippen molar-refractivity contribution in [2.75, 3.05) is 6.61 Å². The summed E-state index contributed by atoms with van der Waals surface area (Å²) in [6.45, 7) is 5.47. The number of ketones is 1. The molecule has 20 heavy (non-hydrogen) atoms. The maximum absolute atomic E-state index is 11.8. The van der Waals surface area contributed by atoms with Crippen molar-refractivity contribution in [3.63, 3.8) is 0 Å². The number of Topliss-reactive ketones (excluding diaryl/α,β-unsaturated/α-hetero) is 1. The highest BCUT2D eigenvalue weighted by molar-refractivity contribution is 6.32. The Balaban J connectivity index is 2.88. The smallest absolute Gasteiger partial charge is 0.347 e. The number of hydrogen-bond acceptors (Lipinski definition) is 4. The molecule has 0 N–H and O–H groups in total. The maximum atomic E-state index is 11.8. The molecule has 0 aromatic heterocycles. The number of carbonyl (C=O) groups is 2. The van der Waals surface area contributed by atoms with Crippen LogP contribution in [0.3, 0.4) is 0 Å². The van der Waals surface area contributed by atoms with Gasteiger partial charge in [-0.15, -0.1) is 0 Å². The standard InChI is InChI=1S/C15H19ClO4/c1-4-6-14(15(18)19-5-2)20-13-8-7-11(10(3)17)9-12(13)16/h7-9,14H,4-6H2,1-3H3. The molecule has 1 aromatic carbocycles. The average molecular weight is 299 g/mol. The van der Waals surface area contributed by atoms with E-state index in [0.717, 1.165) is 6.42 Å². The van der Waals surface area contributed by atoms with E-state index in [1.54, 1.807) is 19.1 Å². The number of carbonyl (C=O) groups excluding carboxylic acids is 2. The number of hydrogen-bond donors (Lipinski definition) is 0. The Morgan fingerprint density at radius 1 is 1.30 bits per heavy atom. The van der Waals surface area contributed by atoms with E-state index in [1.165, 1.54) is 13.0 Å². The summed E-state index contributed by atoms with van der Waals surface area (Å²) >= 11 is 6.07. The Morgan fingerprint density at radius 3 is 2.50 bits per heavy atom. The number of benzene rings is 1. The number of ether oxygens (including phenoxy) is 2. The fourth-order valence-electron chi connectivity index (χ4n) is 1.69. The van der Waals surface area contributed by atoms with Gasteiger partial charge in [0.1, 0.15) is 5.75 Å². The van der Waals surface area contributed by atoms with Gasteiger partial charge in [0.05, 0.1) is 11.6 Å². The highest BCUT2D eigenvalue weighted by Gasteiger charge is 2.22.